The van der Waals surface area contributed by atoms with Crippen molar-refractivity contribution in [1.29, 1.82) is 0 Å². The Morgan fingerprint density at radius 1 is 1.75 bits per heavy atom. The summed E-state index contributed by atoms with van der Waals surface area (Å²) in [4.78, 5) is 0. The smallest absolute Gasteiger partial charge is 0.124 e. The molecule has 46 valence electrons. The SMILES string of the molecule is C#CCC[C@H](F)CO. The second-order valence-corrected chi connectivity index (χ2v) is 1.52. The summed E-state index contributed by atoms with van der Waals surface area (Å²) in [6.45, 7) is -0.415. The Morgan fingerprint density at radius 3 is 2.75 bits per heavy atom. The van der Waals surface area contributed by atoms with Gasteiger partial charge in [-0.15, -0.1) is 12.3 Å². The lowest BCUT2D eigenvalue weighted by Gasteiger charge is -1.97. The zero-order valence-electron chi connectivity index (χ0n) is 4.60. The van der Waals surface area contributed by atoms with Gasteiger partial charge in [0.15, 0.2) is 0 Å². The molecule has 0 aliphatic rings. The monoisotopic (exact) mass is 116 g/mol. The Labute approximate surface area is 48.5 Å². The highest BCUT2D eigenvalue weighted by Crippen LogP contribution is 1.98. The van der Waals surface area contributed by atoms with E-state index in [1.54, 1.807) is 0 Å². The predicted molar refractivity (Wildman–Crippen MR) is 30.0 cm³/mol. The van der Waals surface area contributed by atoms with Crippen molar-refractivity contribution in [2.24, 2.45) is 0 Å². The third-order valence-electron chi connectivity index (χ3n) is 0.800. The number of terminal acetylenes is 1. The molecule has 0 saturated heterocycles. The Kier molecular flexibility index (Phi) is 4.29. The van der Waals surface area contributed by atoms with E-state index in [2.05, 4.69) is 5.92 Å². The minimum atomic E-state index is -1.13. The van der Waals surface area contributed by atoms with Crippen LogP contribution < -0.4 is 0 Å². The van der Waals surface area contributed by atoms with Crippen LogP contribution in [0.4, 0.5) is 4.39 Å². The van der Waals surface area contributed by atoms with Crippen molar-refractivity contribution in [1.82, 2.24) is 0 Å². The van der Waals surface area contributed by atoms with Gasteiger partial charge in [0, 0.05) is 6.42 Å². The number of rotatable bonds is 3. The highest BCUT2D eigenvalue weighted by atomic mass is 19.1. The molecule has 0 rings (SSSR count). The quantitative estimate of drug-likeness (QED) is 0.539. The second kappa shape index (κ2) is 4.61. The highest BCUT2D eigenvalue weighted by Gasteiger charge is 2.00. The molecule has 1 nitrogen and oxygen atoms in total. The van der Waals surface area contributed by atoms with E-state index >= 15 is 0 Å². The third-order valence-corrected chi connectivity index (χ3v) is 0.800. The summed E-state index contributed by atoms with van der Waals surface area (Å²) < 4.78 is 12.0. The van der Waals surface area contributed by atoms with Crippen molar-refractivity contribution in [2.75, 3.05) is 6.61 Å². The normalized spacial score (nSPS) is 12.6. The van der Waals surface area contributed by atoms with Gasteiger partial charge >= 0.3 is 0 Å². The second-order valence-electron chi connectivity index (χ2n) is 1.52. The lowest BCUT2D eigenvalue weighted by Crippen LogP contribution is -2.04. The van der Waals surface area contributed by atoms with Gasteiger partial charge in [0.2, 0.25) is 0 Å². The van der Waals surface area contributed by atoms with E-state index in [1.165, 1.54) is 0 Å². The van der Waals surface area contributed by atoms with Crippen LogP contribution in [-0.2, 0) is 0 Å². The number of halogens is 1. The Bertz CT molecular complexity index is 85.0. The van der Waals surface area contributed by atoms with Gasteiger partial charge in [0.1, 0.15) is 6.17 Å². The van der Waals surface area contributed by atoms with Gasteiger partial charge in [-0.2, -0.15) is 0 Å². The Hall–Kier alpha value is -0.550. The van der Waals surface area contributed by atoms with Gasteiger partial charge < -0.3 is 5.11 Å². The van der Waals surface area contributed by atoms with Gasteiger partial charge in [-0.1, -0.05) is 0 Å². The Morgan fingerprint density at radius 2 is 2.38 bits per heavy atom. The van der Waals surface area contributed by atoms with E-state index < -0.39 is 12.8 Å². The minimum absolute atomic E-state index is 0.271. The molecule has 0 spiro atoms. The van der Waals surface area contributed by atoms with E-state index in [9.17, 15) is 4.39 Å². The van der Waals surface area contributed by atoms with Crippen LogP contribution >= 0.6 is 0 Å². The van der Waals surface area contributed by atoms with Gasteiger partial charge in [0.25, 0.3) is 0 Å². The van der Waals surface area contributed by atoms with Crippen LogP contribution in [0, 0.1) is 12.3 Å². The van der Waals surface area contributed by atoms with Crippen LogP contribution in [-0.4, -0.2) is 17.9 Å². The molecule has 0 saturated carbocycles. The van der Waals surface area contributed by atoms with Gasteiger partial charge in [-0.3, -0.25) is 0 Å². The average molecular weight is 116 g/mol. The fraction of sp³-hybridized carbons (Fsp3) is 0.667. The van der Waals surface area contributed by atoms with Crippen LogP contribution in [0.1, 0.15) is 12.8 Å². The van der Waals surface area contributed by atoms with E-state index in [0.29, 0.717) is 6.42 Å². The molecule has 0 aromatic rings. The van der Waals surface area contributed by atoms with E-state index in [-0.39, 0.29) is 6.42 Å². The molecule has 0 aromatic carbocycles. The zero-order valence-corrected chi connectivity index (χ0v) is 4.60. The molecule has 2 heteroatoms. The maximum atomic E-state index is 12.0. The average Bonchev–Trinajstić information content (AvgIpc) is 1.83. The standard InChI is InChI=1S/C6H9FO/c1-2-3-4-6(7)5-8/h1,6,8H,3-5H2/t6-/m0/s1. The van der Waals surface area contributed by atoms with Gasteiger partial charge in [-0.25, -0.2) is 4.39 Å². The number of aliphatic hydroxyl groups excluding tert-OH is 1. The van der Waals surface area contributed by atoms with Crippen molar-refractivity contribution in [3.63, 3.8) is 0 Å². The first kappa shape index (κ1) is 7.45. The first-order valence-electron chi connectivity index (χ1n) is 2.49. The lowest BCUT2D eigenvalue weighted by atomic mass is 10.2. The fourth-order valence-electron chi connectivity index (χ4n) is 0.331. The highest BCUT2D eigenvalue weighted by molar-refractivity contribution is 4.84. The Balaban J connectivity index is 3.01. The number of hydrogen-bond acceptors (Lipinski definition) is 1. The van der Waals surface area contributed by atoms with Crippen molar-refractivity contribution >= 4 is 0 Å². The number of hydrogen-bond donors (Lipinski definition) is 1. The zero-order chi connectivity index (χ0) is 6.41. The molecule has 0 radical (unpaired) electrons. The molecule has 0 aliphatic heterocycles. The topological polar surface area (TPSA) is 20.2 Å². The van der Waals surface area contributed by atoms with Crippen LogP contribution in [0.2, 0.25) is 0 Å². The molecule has 0 fully saturated rings. The van der Waals surface area contributed by atoms with Crippen molar-refractivity contribution in [2.45, 2.75) is 19.0 Å². The summed E-state index contributed by atoms with van der Waals surface area (Å²) in [5.41, 5.74) is 0. The van der Waals surface area contributed by atoms with Crippen molar-refractivity contribution in [3.8, 4) is 12.3 Å². The molecule has 1 atom stereocenters. The molecular formula is C6H9FO. The minimum Gasteiger partial charge on any atom is -0.393 e. The van der Waals surface area contributed by atoms with Crippen LogP contribution in [0.15, 0.2) is 0 Å². The summed E-state index contributed by atoms with van der Waals surface area (Å²) in [6.07, 6.45) is 4.38. The maximum Gasteiger partial charge on any atom is 0.124 e. The summed E-state index contributed by atoms with van der Waals surface area (Å²) in [7, 11) is 0. The molecule has 0 aliphatic carbocycles. The first-order valence-corrected chi connectivity index (χ1v) is 2.49. The molecule has 0 amide bonds. The predicted octanol–water partition coefficient (Wildman–Crippen LogP) is 0.730. The maximum absolute atomic E-state index is 12.0. The van der Waals surface area contributed by atoms with Crippen molar-refractivity contribution < 1.29 is 9.50 Å². The molecule has 1 N–H and O–H groups in total. The van der Waals surface area contributed by atoms with E-state index in [0.717, 1.165) is 0 Å². The molecule has 0 unspecified atom stereocenters. The molecule has 0 aromatic heterocycles. The summed E-state index contributed by atoms with van der Waals surface area (Å²) in [5.74, 6) is 2.28. The van der Waals surface area contributed by atoms with Crippen LogP contribution in [0.3, 0.4) is 0 Å². The summed E-state index contributed by atoms with van der Waals surface area (Å²) >= 11 is 0. The molecule has 0 heterocycles. The molecule has 8 heavy (non-hydrogen) atoms. The first-order chi connectivity index (χ1) is 3.81. The largest absolute Gasteiger partial charge is 0.393 e. The van der Waals surface area contributed by atoms with Crippen molar-refractivity contribution in [3.05, 3.63) is 0 Å². The molecular weight excluding hydrogens is 107 g/mol. The van der Waals surface area contributed by atoms with Crippen LogP contribution in [0.25, 0.3) is 0 Å². The molecule has 0 bridgehead atoms. The summed E-state index contributed by atoms with van der Waals surface area (Å²) in [6, 6.07) is 0. The van der Waals surface area contributed by atoms with E-state index in [1.807, 2.05) is 0 Å². The van der Waals surface area contributed by atoms with Gasteiger partial charge in [0.05, 0.1) is 6.61 Å². The summed E-state index contributed by atoms with van der Waals surface area (Å²) in [5, 5.41) is 8.12. The van der Waals surface area contributed by atoms with Gasteiger partial charge in [-0.05, 0) is 6.42 Å². The van der Waals surface area contributed by atoms with Crippen LogP contribution in [0.5, 0.6) is 0 Å². The number of alkyl halides is 1. The lowest BCUT2D eigenvalue weighted by molar-refractivity contribution is 0.171. The fourth-order valence-corrected chi connectivity index (χ4v) is 0.331. The number of aliphatic hydroxyl groups is 1. The van der Waals surface area contributed by atoms with E-state index in [4.69, 9.17) is 11.5 Å². The third kappa shape index (κ3) is 3.63.